The quantitative estimate of drug-likeness (QED) is 0.147. The first kappa shape index (κ1) is 29.6. The highest BCUT2D eigenvalue weighted by molar-refractivity contribution is 6.06. The van der Waals surface area contributed by atoms with E-state index in [4.69, 9.17) is 9.47 Å². The molecule has 10 N–H and O–H groups in total. The number of ether oxygens (including phenoxy) is 2. The van der Waals surface area contributed by atoms with Crippen molar-refractivity contribution in [2.45, 2.75) is 24.4 Å². The Kier molecular flexibility index (Phi) is 7.47. The summed E-state index contributed by atoms with van der Waals surface area (Å²) in [5.41, 5.74) is 0.0726. The number of benzene rings is 4. The number of aliphatic hydroxyl groups is 2. The number of carbonyl (C=O) groups is 2. The third-order valence-corrected chi connectivity index (χ3v) is 6.90. The maximum absolute atomic E-state index is 12.2. The fraction of sp³-hybridized carbons (Fsp3) is 0.133. The molecule has 0 fully saturated rings. The van der Waals surface area contributed by atoms with Crippen molar-refractivity contribution in [3.8, 4) is 57.5 Å². The first-order valence-corrected chi connectivity index (χ1v) is 12.7. The minimum absolute atomic E-state index is 0.0784. The Morgan fingerprint density at radius 2 is 0.818 bits per heavy atom. The Labute approximate surface area is 246 Å². The highest BCUT2D eigenvalue weighted by atomic mass is 16.5. The van der Waals surface area contributed by atoms with Crippen LogP contribution in [0.4, 0.5) is 0 Å². The monoisotopic (exact) mass is 608 g/mol. The van der Waals surface area contributed by atoms with Crippen LogP contribution < -0.4 is 9.47 Å². The van der Waals surface area contributed by atoms with Crippen molar-refractivity contribution in [2.75, 3.05) is 0 Å². The Bertz CT molecular complexity index is 1670. The lowest BCUT2D eigenvalue weighted by atomic mass is 9.92. The van der Waals surface area contributed by atoms with Crippen LogP contribution in [0.5, 0.6) is 57.5 Å². The van der Waals surface area contributed by atoms with E-state index in [1.165, 1.54) is 24.3 Å². The van der Waals surface area contributed by atoms with Crippen molar-refractivity contribution in [2.24, 2.45) is 0 Å². The van der Waals surface area contributed by atoms with Crippen LogP contribution in [0.2, 0.25) is 0 Å². The second-order valence-corrected chi connectivity index (χ2v) is 9.87. The molecule has 0 amide bonds. The van der Waals surface area contributed by atoms with Crippen molar-refractivity contribution in [1.29, 1.82) is 0 Å². The lowest BCUT2D eigenvalue weighted by Gasteiger charge is -2.30. The predicted molar refractivity (Wildman–Crippen MR) is 146 cm³/mol. The van der Waals surface area contributed by atoms with Crippen molar-refractivity contribution in [3.05, 3.63) is 82.9 Å². The number of aromatic hydroxyl groups is 8. The molecule has 0 aliphatic carbocycles. The number of hydrogen-bond acceptors (Lipinski definition) is 14. The molecule has 0 radical (unpaired) electrons. The average molecular weight is 609 g/mol. The maximum atomic E-state index is 12.2. The summed E-state index contributed by atoms with van der Waals surface area (Å²) in [6, 6.07) is 11.7. The molecule has 6 rings (SSSR count). The van der Waals surface area contributed by atoms with Crippen LogP contribution in [0.15, 0.2) is 60.7 Å². The minimum atomic E-state index is -1.60. The number of rotatable bonds is 2. The molecule has 4 aromatic rings. The Morgan fingerprint density at radius 3 is 1.16 bits per heavy atom. The van der Waals surface area contributed by atoms with Gasteiger partial charge in [0, 0.05) is 24.3 Å². The van der Waals surface area contributed by atoms with Gasteiger partial charge in [-0.1, -0.05) is 12.1 Å². The zero-order chi connectivity index (χ0) is 32.0. The molecule has 0 bridgehead atoms. The third kappa shape index (κ3) is 5.26. The van der Waals surface area contributed by atoms with Gasteiger partial charge in [0.25, 0.3) is 0 Å². The Morgan fingerprint density at radius 1 is 0.455 bits per heavy atom. The summed E-state index contributed by atoms with van der Waals surface area (Å²) in [5, 5.41) is 96.2. The van der Waals surface area contributed by atoms with Crippen LogP contribution in [0, 0.1) is 0 Å². The summed E-state index contributed by atoms with van der Waals surface area (Å²) in [4.78, 5) is 24.4. The van der Waals surface area contributed by atoms with Crippen LogP contribution in [-0.4, -0.2) is 74.8 Å². The van der Waals surface area contributed by atoms with Gasteiger partial charge in [-0.2, -0.15) is 0 Å². The van der Waals surface area contributed by atoms with E-state index >= 15 is 0 Å². The molecule has 4 unspecified atom stereocenters. The number of phenols is 8. The van der Waals surface area contributed by atoms with E-state index in [0.717, 1.165) is 36.4 Å². The second-order valence-electron chi connectivity index (χ2n) is 9.87. The van der Waals surface area contributed by atoms with E-state index in [2.05, 4.69) is 0 Å². The summed E-state index contributed by atoms with van der Waals surface area (Å²) in [6.45, 7) is 0. The molecular formula is C30H24O14. The van der Waals surface area contributed by atoms with Crippen molar-refractivity contribution >= 4 is 11.6 Å². The van der Waals surface area contributed by atoms with Gasteiger partial charge in [0.1, 0.15) is 45.6 Å². The molecule has 2 aliphatic rings. The smallest absolute Gasteiger partial charge is 0.202 e. The molecule has 44 heavy (non-hydrogen) atoms. The molecule has 0 saturated carbocycles. The SMILES string of the molecule is O=C1c2c(O)cc(O)cc2OC(c2ccc(O)c(O)c2)C1O.O=C1c2c(O)cc(O)cc2OC(c2ccc(O)c(O)c2)C1O. The lowest BCUT2D eigenvalue weighted by Crippen LogP contribution is -2.36. The topological polar surface area (TPSA) is 255 Å². The van der Waals surface area contributed by atoms with Gasteiger partial charge in [0.15, 0.2) is 47.4 Å². The number of aliphatic hydroxyl groups excluding tert-OH is 2. The Hall–Kier alpha value is -5.86. The fourth-order valence-electron chi connectivity index (χ4n) is 4.76. The second kappa shape index (κ2) is 11.1. The highest BCUT2D eigenvalue weighted by Gasteiger charge is 2.40. The number of carbonyl (C=O) groups excluding carboxylic acids is 2. The number of ketones is 2. The van der Waals surface area contributed by atoms with E-state index < -0.39 is 59.0 Å². The van der Waals surface area contributed by atoms with Crippen LogP contribution in [-0.2, 0) is 0 Å². The van der Waals surface area contributed by atoms with Crippen molar-refractivity contribution < 1.29 is 70.1 Å². The number of phenolic OH excluding ortho intramolecular Hbond substituents is 8. The summed E-state index contributed by atoms with van der Waals surface area (Å²) in [7, 11) is 0. The lowest BCUT2D eigenvalue weighted by molar-refractivity contribution is 0.0207. The molecule has 2 aliphatic heterocycles. The summed E-state index contributed by atoms with van der Waals surface area (Å²) in [6.07, 6.45) is -5.50. The van der Waals surface area contributed by atoms with Gasteiger partial charge >= 0.3 is 0 Å². The molecule has 14 nitrogen and oxygen atoms in total. The maximum Gasteiger partial charge on any atom is 0.202 e. The zero-order valence-electron chi connectivity index (χ0n) is 22.2. The van der Waals surface area contributed by atoms with E-state index in [0.29, 0.717) is 0 Å². The van der Waals surface area contributed by atoms with E-state index in [1.54, 1.807) is 0 Å². The largest absolute Gasteiger partial charge is 0.508 e. The molecule has 228 valence electrons. The zero-order valence-corrected chi connectivity index (χ0v) is 22.2. The molecule has 2 heterocycles. The minimum Gasteiger partial charge on any atom is -0.508 e. The molecule has 0 saturated heterocycles. The van der Waals surface area contributed by atoms with Gasteiger partial charge in [-0.25, -0.2) is 0 Å². The Balaban J connectivity index is 0.000000175. The van der Waals surface area contributed by atoms with Crippen LogP contribution in [0.1, 0.15) is 44.1 Å². The molecule has 4 aromatic carbocycles. The third-order valence-electron chi connectivity index (χ3n) is 6.90. The molecule has 0 aromatic heterocycles. The first-order valence-electron chi connectivity index (χ1n) is 12.7. The van der Waals surface area contributed by atoms with Gasteiger partial charge in [-0.15, -0.1) is 0 Å². The number of fused-ring (bicyclic) bond motifs is 2. The highest BCUT2D eigenvalue weighted by Crippen LogP contribution is 2.44. The van der Waals surface area contributed by atoms with Crippen molar-refractivity contribution in [3.63, 3.8) is 0 Å². The van der Waals surface area contributed by atoms with E-state index in [9.17, 15) is 60.7 Å². The summed E-state index contributed by atoms with van der Waals surface area (Å²) in [5.74, 6) is -4.83. The van der Waals surface area contributed by atoms with Gasteiger partial charge in [0.05, 0.1) is 0 Å². The standard InChI is InChI=1S/2C15H12O7/c2*16-7-4-10(19)12-11(5-7)22-15(14(21)13(12)20)6-1-2-8(17)9(18)3-6/h2*1-5,14-19,21H. The van der Waals surface area contributed by atoms with Crippen LogP contribution >= 0.6 is 0 Å². The van der Waals surface area contributed by atoms with Gasteiger partial charge in [0.2, 0.25) is 11.6 Å². The van der Waals surface area contributed by atoms with Crippen molar-refractivity contribution in [1.82, 2.24) is 0 Å². The molecule has 0 spiro atoms. The van der Waals surface area contributed by atoms with E-state index in [1.807, 2.05) is 0 Å². The molecular weight excluding hydrogens is 584 g/mol. The van der Waals surface area contributed by atoms with Gasteiger partial charge in [-0.3, -0.25) is 9.59 Å². The number of hydrogen-bond donors (Lipinski definition) is 10. The number of Topliss-reactive ketones (excluding diaryl/α,β-unsaturated/α-hetero) is 2. The van der Waals surface area contributed by atoms with Crippen LogP contribution in [0.25, 0.3) is 0 Å². The molecule has 14 heteroatoms. The fourth-order valence-corrected chi connectivity index (χ4v) is 4.76. The van der Waals surface area contributed by atoms with Crippen LogP contribution in [0.3, 0.4) is 0 Å². The van der Waals surface area contributed by atoms with Gasteiger partial charge in [-0.05, 0) is 35.4 Å². The average Bonchev–Trinajstić information content (AvgIpc) is 2.95. The predicted octanol–water partition coefficient (Wildman–Crippen LogP) is 2.37. The first-order chi connectivity index (χ1) is 20.8. The molecule has 4 atom stereocenters. The van der Waals surface area contributed by atoms with E-state index in [-0.39, 0.29) is 56.8 Å². The summed E-state index contributed by atoms with van der Waals surface area (Å²) >= 11 is 0. The summed E-state index contributed by atoms with van der Waals surface area (Å²) < 4.78 is 10.9. The normalized spacial score (nSPS) is 20.3. The van der Waals surface area contributed by atoms with Gasteiger partial charge < -0.3 is 60.5 Å².